The number of carbonyl (C=O) groups excluding carboxylic acids is 1. The zero-order valence-corrected chi connectivity index (χ0v) is 10.6. The first-order valence-electron chi connectivity index (χ1n) is 5.27. The van der Waals surface area contributed by atoms with Crippen LogP contribution in [0.3, 0.4) is 0 Å². The Bertz CT molecular complexity index is 403. The molecule has 3 nitrogen and oxygen atoms in total. The Kier molecular flexibility index (Phi) is 4.51. The van der Waals surface area contributed by atoms with Crippen LogP contribution in [0.4, 0.5) is 0 Å². The first kappa shape index (κ1) is 12.7. The van der Waals surface area contributed by atoms with Crippen LogP contribution in [0.15, 0.2) is 12.1 Å². The molecule has 0 spiro atoms. The van der Waals surface area contributed by atoms with Gasteiger partial charge in [0.15, 0.2) is 0 Å². The number of amides is 1. The quantitative estimate of drug-likeness (QED) is 0.873. The fourth-order valence-corrected chi connectivity index (χ4v) is 2.20. The van der Waals surface area contributed by atoms with E-state index in [-0.39, 0.29) is 11.8 Å². The lowest BCUT2D eigenvalue weighted by Gasteiger charge is -2.12. The van der Waals surface area contributed by atoms with Gasteiger partial charge in [-0.25, -0.2) is 0 Å². The first-order chi connectivity index (χ1) is 7.54. The van der Waals surface area contributed by atoms with Gasteiger partial charge < -0.3 is 5.32 Å². The first-order valence-corrected chi connectivity index (χ1v) is 6.09. The lowest BCUT2D eigenvalue weighted by atomic mass is 9.97. The topological polar surface area (TPSA) is 52.9 Å². The van der Waals surface area contributed by atoms with Crippen LogP contribution in [0.2, 0.25) is 0 Å². The van der Waals surface area contributed by atoms with Gasteiger partial charge in [-0.15, -0.1) is 11.3 Å². The molecule has 1 atom stereocenters. The third-order valence-corrected chi connectivity index (χ3v) is 3.32. The molecular formula is C12H16N2OS. The van der Waals surface area contributed by atoms with Crippen LogP contribution >= 0.6 is 11.3 Å². The highest BCUT2D eigenvalue weighted by molar-refractivity contribution is 7.11. The monoisotopic (exact) mass is 236 g/mol. The van der Waals surface area contributed by atoms with Crippen LogP contribution in [0.25, 0.3) is 0 Å². The molecule has 4 heteroatoms. The van der Waals surface area contributed by atoms with Crippen LogP contribution in [0, 0.1) is 30.1 Å². The summed E-state index contributed by atoms with van der Waals surface area (Å²) in [5.41, 5.74) is 0. The van der Waals surface area contributed by atoms with E-state index in [1.54, 1.807) is 11.3 Å². The number of hydrogen-bond donors (Lipinski definition) is 1. The molecule has 0 fully saturated rings. The smallest absolute Gasteiger partial charge is 0.237 e. The molecule has 0 saturated carbocycles. The number of rotatable bonds is 4. The van der Waals surface area contributed by atoms with E-state index < -0.39 is 5.92 Å². The van der Waals surface area contributed by atoms with Crippen LogP contribution in [-0.2, 0) is 11.3 Å². The van der Waals surface area contributed by atoms with Crippen molar-refractivity contribution in [3.05, 3.63) is 21.9 Å². The number of nitrogens with zero attached hydrogens (tertiary/aromatic N) is 1. The highest BCUT2D eigenvalue weighted by Gasteiger charge is 2.21. The van der Waals surface area contributed by atoms with Gasteiger partial charge in [-0.1, -0.05) is 13.8 Å². The van der Waals surface area contributed by atoms with Crippen molar-refractivity contribution in [3.63, 3.8) is 0 Å². The standard InChI is InChI=1S/C12H16N2OS/c1-8(2)11(6-13)12(15)14-7-10-5-4-9(3)16-10/h4-5,8,11H,7H2,1-3H3,(H,14,15). The highest BCUT2D eigenvalue weighted by atomic mass is 32.1. The Morgan fingerprint density at radius 3 is 2.69 bits per heavy atom. The minimum Gasteiger partial charge on any atom is -0.350 e. The summed E-state index contributed by atoms with van der Waals surface area (Å²) >= 11 is 1.66. The maximum absolute atomic E-state index is 11.7. The molecular weight excluding hydrogens is 220 g/mol. The molecule has 1 heterocycles. The summed E-state index contributed by atoms with van der Waals surface area (Å²) in [7, 11) is 0. The predicted octanol–water partition coefficient (Wildman–Crippen LogP) is 2.47. The molecule has 0 radical (unpaired) electrons. The molecule has 0 aliphatic rings. The van der Waals surface area contributed by atoms with E-state index in [9.17, 15) is 4.79 Å². The minimum atomic E-state index is -0.555. The second kappa shape index (κ2) is 5.66. The Morgan fingerprint density at radius 2 is 2.25 bits per heavy atom. The number of nitrogens with one attached hydrogen (secondary N) is 1. The molecule has 1 N–H and O–H groups in total. The van der Waals surface area contributed by atoms with Crippen molar-refractivity contribution in [1.29, 1.82) is 5.26 Å². The van der Waals surface area contributed by atoms with Gasteiger partial charge in [-0.05, 0) is 25.0 Å². The maximum atomic E-state index is 11.7. The molecule has 16 heavy (non-hydrogen) atoms. The fourth-order valence-electron chi connectivity index (χ4n) is 1.37. The van der Waals surface area contributed by atoms with Crippen molar-refractivity contribution in [2.45, 2.75) is 27.3 Å². The average Bonchev–Trinajstić information content (AvgIpc) is 2.62. The van der Waals surface area contributed by atoms with E-state index in [0.717, 1.165) is 4.88 Å². The summed E-state index contributed by atoms with van der Waals surface area (Å²) in [6, 6.07) is 6.06. The van der Waals surface area contributed by atoms with Crippen molar-refractivity contribution in [1.82, 2.24) is 5.32 Å². The summed E-state index contributed by atoms with van der Waals surface area (Å²) in [4.78, 5) is 14.0. The predicted molar refractivity (Wildman–Crippen MR) is 64.8 cm³/mol. The van der Waals surface area contributed by atoms with Gasteiger partial charge in [0.2, 0.25) is 5.91 Å². The summed E-state index contributed by atoms with van der Waals surface area (Å²) in [5, 5.41) is 11.7. The van der Waals surface area contributed by atoms with E-state index in [2.05, 4.69) is 5.32 Å². The number of nitriles is 1. The zero-order chi connectivity index (χ0) is 12.1. The van der Waals surface area contributed by atoms with Gasteiger partial charge in [0.25, 0.3) is 0 Å². The number of thiophene rings is 1. The largest absolute Gasteiger partial charge is 0.350 e. The van der Waals surface area contributed by atoms with Crippen molar-refractivity contribution < 1.29 is 4.79 Å². The van der Waals surface area contributed by atoms with Gasteiger partial charge in [0, 0.05) is 9.75 Å². The summed E-state index contributed by atoms with van der Waals surface area (Å²) in [5.74, 6) is -0.681. The van der Waals surface area contributed by atoms with Crippen molar-refractivity contribution in [2.24, 2.45) is 11.8 Å². The van der Waals surface area contributed by atoms with Gasteiger partial charge in [0.05, 0.1) is 12.6 Å². The molecule has 1 rings (SSSR count). The van der Waals surface area contributed by atoms with Crippen LogP contribution < -0.4 is 5.32 Å². The van der Waals surface area contributed by atoms with E-state index in [0.29, 0.717) is 6.54 Å². The second-order valence-corrected chi connectivity index (χ2v) is 5.45. The van der Waals surface area contributed by atoms with Gasteiger partial charge in [-0.2, -0.15) is 5.26 Å². The van der Waals surface area contributed by atoms with E-state index in [4.69, 9.17) is 5.26 Å². The third-order valence-electron chi connectivity index (χ3n) is 2.32. The number of aryl methyl sites for hydroxylation is 1. The fraction of sp³-hybridized carbons (Fsp3) is 0.500. The minimum absolute atomic E-state index is 0.0510. The summed E-state index contributed by atoms with van der Waals surface area (Å²) in [6.07, 6.45) is 0. The SMILES string of the molecule is Cc1ccc(CNC(=O)C(C#N)C(C)C)s1. The third kappa shape index (κ3) is 3.35. The summed E-state index contributed by atoms with van der Waals surface area (Å²) < 4.78 is 0. The molecule has 1 unspecified atom stereocenters. The van der Waals surface area contributed by atoms with Crippen molar-refractivity contribution >= 4 is 17.2 Å². The average molecular weight is 236 g/mol. The Balaban J connectivity index is 2.50. The highest BCUT2D eigenvalue weighted by Crippen LogP contribution is 2.15. The van der Waals surface area contributed by atoms with Gasteiger partial charge >= 0.3 is 0 Å². The van der Waals surface area contributed by atoms with E-state index >= 15 is 0 Å². The molecule has 86 valence electrons. The Labute approximate surface area is 100 Å². The Hall–Kier alpha value is -1.34. The number of hydrogen-bond acceptors (Lipinski definition) is 3. The maximum Gasteiger partial charge on any atom is 0.237 e. The van der Waals surface area contributed by atoms with Crippen molar-refractivity contribution in [3.8, 4) is 6.07 Å². The molecule has 0 saturated heterocycles. The van der Waals surface area contributed by atoms with Crippen LogP contribution in [0.5, 0.6) is 0 Å². The van der Waals surface area contributed by atoms with Crippen LogP contribution in [0.1, 0.15) is 23.6 Å². The molecule has 1 aromatic heterocycles. The lowest BCUT2D eigenvalue weighted by Crippen LogP contribution is -2.32. The zero-order valence-electron chi connectivity index (χ0n) is 9.78. The molecule has 0 aliphatic carbocycles. The molecule has 0 bridgehead atoms. The second-order valence-electron chi connectivity index (χ2n) is 4.08. The molecule has 1 amide bonds. The van der Waals surface area contributed by atoms with Gasteiger partial charge in [-0.3, -0.25) is 4.79 Å². The molecule has 0 aromatic carbocycles. The summed E-state index contributed by atoms with van der Waals surface area (Å²) in [6.45, 7) is 6.30. The normalized spacial score (nSPS) is 12.2. The molecule has 1 aromatic rings. The van der Waals surface area contributed by atoms with Crippen molar-refractivity contribution in [2.75, 3.05) is 0 Å². The molecule has 0 aliphatic heterocycles. The van der Waals surface area contributed by atoms with Crippen LogP contribution in [-0.4, -0.2) is 5.91 Å². The van der Waals surface area contributed by atoms with Gasteiger partial charge in [0.1, 0.15) is 5.92 Å². The Morgan fingerprint density at radius 1 is 1.56 bits per heavy atom. The lowest BCUT2D eigenvalue weighted by molar-refractivity contribution is -0.124. The van der Waals surface area contributed by atoms with E-state index in [1.807, 2.05) is 39.0 Å². The van der Waals surface area contributed by atoms with E-state index in [1.165, 1.54) is 4.88 Å². The number of carbonyl (C=O) groups is 1.